The maximum atomic E-state index is 13.6. The molecule has 1 aromatic heterocycles. The molecule has 0 saturated carbocycles. The summed E-state index contributed by atoms with van der Waals surface area (Å²) in [5, 5.41) is 5.11. The van der Waals surface area contributed by atoms with Gasteiger partial charge in [0.1, 0.15) is 23.2 Å². The lowest BCUT2D eigenvalue weighted by Gasteiger charge is -2.24. The van der Waals surface area contributed by atoms with Gasteiger partial charge in [0.2, 0.25) is 0 Å². The van der Waals surface area contributed by atoms with E-state index in [4.69, 9.17) is 32.7 Å². The van der Waals surface area contributed by atoms with Crippen LogP contribution in [0.3, 0.4) is 0 Å². The van der Waals surface area contributed by atoms with E-state index < -0.39 is 22.5 Å². The first kappa shape index (κ1) is 28.2. The molecule has 0 saturated heterocycles. The number of sulfonamides is 1. The quantitative estimate of drug-likeness (QED) is 0.164. The summed E-state index contributed by atoms with van der Waals surface area (Å²) in [4.78, 5) is 17.2. The lowest BCUT2D eigenvalue weighted by atomic mass is 10.1. The number of nitrogens with zero attached hydrogens (tertiary/aromatic N) is 3. The number of methoxy groups -OCH3 is 2. The molecule has 0 fully saturated rings. The van der Waals surface area contributed by atoms with Crippen molar-refractivity contribution >= 4 is 61.9 Å². The molecule has 202 valence electrons. The molecule has 3 aromatic carbocycles. The lowest BCUT2D eigenvalue weighted by Crippen LogP contribution is -2.39. The largest absolute Gasteiger partial charge is 0.497 e. The summed E-state index contributed by atoms with van der Waals surface area (Å²) in [5.41, 5.74) is 4.52. The summed E-state index contributed by atoms with van der Waals surface area (Å²) in [6.07, 6.45) is 1.33. The number of carbonyl (C=O) groups excluding carboxylic acids is 1. The van der Waals surface area contributed by atoms with Crippen LogP contribution in [-0.2, 0) is 14.8 Å². The number of rotatable bonds is 9. The van der Waals surface area contributed by atoms with Crippen LogP contribution in [0.4, 0.5) is 5.69 Å². The van der Waals surface area contributed by atoms with E-state index in [9.17, 15) is 13.2 Å². The number of hydrogen-bond acceptors (Lipinski definition) is 7. The van der Waals surface area contributed by atoms with Crippen LogP contribution in [0.5, 0.6) is 11.5 Å². The number of halogens is 2. The van der Waals surface area contributed by atoms with E-state index in [0.29, 0.717) is 22.6 Å². The van der Waals surface area contributed by atoms with Gasteiger partial charge in [0.25, 0.3) is 15.9 Å². The fraction of sp³-hybridized carbons (Fsp3) is 0.148. The Hall–Kier alpha value is -3.86. The van der Waals surface area contributed by atoms with Crippen LogP contribution in [0.2, 0.25) is 10.2 Å². The molecule has 1 heterocycles. The highest BCUT2D eigenvalue weighted by Crippen LogP contribution is 2.32. The van der Waals surface area contributed by atoms with Crippen LogP contribution in [-0.4, -0.2) is 46.3 Å². The summed E-state index contributed by atoms with van der Waals surface area (Å²) in [6, 6.07) is 17.9. The number of hydrogen-bond donors (Lipinski definition) is 1. The van der Waals surface area contributed by atoms with Gasteiger partial charge < -0.3 is 9.47 Å². The van der Waals surface area contributed by atoms with Crippen molar-refractivity contribution in [1.29, 1.82) is 0 Å². The zero-order valence-electron chi connectivity index (χ0n) is 21.2. The van der Waals surface area contributed by atoms with Crippen molar-refractivity contribution in [3.05, 3.63) is 88.0 Å². The molecular formula is C27H24Cl2N4O5S. The highest BCUT2D eigenvalue weighted by atomic mass is 35.5. The van der Waals surface area contributed by atoms with Gasteiger partial charge in [-0.05, 0) is 55.5 Å². The summed E-state index contributed by atoms with van der Waals surface area (Å²) < 4.78 is 38.4. The lowest BCUT2D eigenvalue weighted by molar-refractivity contribution is -0.119. The molecule has 4 rings (SSSR count). The monoisotopic (exact) mass is 586 g/mol. The van der Waals surface area contributed by atoms with Gasteiger partial charge >= 0.3 is 0 Å². The number of carbonyl (C=O) groups is 1. The molecule has 0 radical (unpaired) electrons. The SMILES string of the molecule is COc1ccc2cc(/C=N\NC(=O)CN(c3ccc(OC)c(Cl)c3)S(=O)(=O)c3ccc(C)cc3)c(Cl)nc2c1. The maximum absolute atomic E-state index is 13.6. The van der Waals surface area contributed by atoms with Crippen molar-refractivity contribution < 1.29 is 22.7 Å². The van der Waals surface area contributed by atoms with E-state index >= 15 is 0 Å². The molecule has 0 spiro atoms. The first-order valence-electron chi connectivity index (χ1n) is 11.5. The number of amides is 1. The summed E-state index contributed by atoms with van der Waals surface area (Å²) in [5.74, 6) is 0.313. The Balaban J connectivity index is 1.58. The van der Waals surface area contributed by atoms with E-state index in [1.807, 2.05) is 13.0 Å². The highest BCUT2D eigenvalue weighted by Gasteiger charge is 2.28. The highest BCUT2D eigenvalue weighted by molar-refractivity contribution is 7.92. The molecule has 12 heteroatoms. The van der Waals surface area contributed by atoms with Gasteiger partial charge in [-0.25, -0.2) is 18.8 Å². The zero-order valence-corrected chi connectivity index (χ0v) is 23.5. The second kappa shape index (κ2) is 11.9. The molecule has 1 N–H and O–H groups in total. The fourth-order valence-corrected chi connectivity index (χ4v) is 5.52. The van der Waals surface area contributed by atoms with Crippen molar-refractivity contribution in [3.63, 3.8) is 0 Å². The van der Waals surface area contributed by atoms with E-state index in [2.05, 4.69) is 15.5 Å². The molecule has 0 unspecified atom stereocenters. The molecule has 0 aliphatic rings. The summed E-state index contributed by atoms with van der Waals surface area (Å²) >= 11 is 12.5. The molecule has 39 heavy (non-hydrogen) atoms. The van der Waals surface area contributed by atoms with Crippen molar-refractivity contribution in [2.75, 3.05) is 25.1 Å². The van der Waals surface area contributed by atoms with E-state index in [1.165, 1.54) is 43.7 Å². The van der Waals surface area contributed by atoms with Crippen LogP contribution in [0.25, 0.3) is 10.9 Å². The molecular weight excluding hydrogens is 563 g/mol. The zero-order chi connectivity index (χ0) is 28.2. The molecule has 0 aliphatic carbocycles. The van der Waals surface area contributed by atoms with Gasteiger partial charge in [0.05, 0.1) is 41.6 Å². The Bertz CT molecular complexity index is 1660. The predicted octanol–water partition coefficient (Wildman–Crippen LogP) is 5.21. The fourth-order valence-electron chi connectivity index (χ4n) is 3.66. The van der Waals surface area contributed by atoms with Gasteiger partial charge in [-0.3, -0.25) is 9.10 Å². The third-order valence-electron chi connectivity index (χ3n) is 5.72. The first-order chi connectivity index (χ1) is 18.6. The van der Waals surface area contributed by atoms with Crippen LogP contribution in [0.1, 0.15) is 11.1 Å². The number of anilines is 1. The third kappa shape index (κ3) is 6.42. The Morgan fingerprint density at radius 3 is 2.44 bits per heavy atom. The third-order valence-corrected chi connectivity index (χ3v) is 8.10. The van der Waals surface area contributed by atoms with Gasteiger partial charge in [0.15, 0.2) is 0 Å². The van der Waals surface area contributed by atoms with Crippen molar-refractivity contribution in [1.82, 2.24) is 10.4 Å². The minimum absolute atomic E-state index is 0.0157. The molecule has 0 atom stereocenters. The molecule has 0 bridgehead atoms. The second-order valence-electron chi connectivity index (χ2n) is 8.36. The Morgan fingerprint density at radius 2 is 1.77 bits per heavy atom. The van der Waals surface area contributed by atoms with Gasteiger partial charge in [-0.15, -0.1) is 0 Å². The minimum Gasteiger partial charge on any atom is -0.497 e. The standard InChI is InChI=1S/C27H24Cl2N4O5S/c1-17-4-9-22(10-5-17)39(35,36)33(20-7-11-25(38-3)23(28)13-20)16-26(34)32-30-15-19-12-18-6-8-21(37-2)14-24(18)31-27(19)29/h4-15H,16H2,1-3H3,(H,32,34)/b30-15-. The number of aryl methyl sites for hydroxylation is 1. The number of benzene rings is 3. The van der Waals surface area contributed by atoms with Crippen LogP contribution in [0, 0.1) is 6.92 Å². The molecule has 1 amide bonds. The number of nitrogens with one attached hydrogen (secondary N) is 1. The summed E-state index contributed by atoms with van der Waals surface area (Å²) in [6.45, 7) is 1.27. The Morgan fingerprint density at radius 1 is 1.03 bits per heavy atom. The molecule has 4 aromatic rings. The van der Waals surface area contributed by atoms with Gasteiger partial charge in [0, 0.05) is 17.0 Å². The van der Waals surface area contributed by atoms with Crippen molar-refractivity contribution in [3.8, 4) is 11.5 Å². The van der Waals surface area contributed by atoms with E-state index in [-0.39, 0.29) is 20.8 Å². The predicted molar refractivity (Wildman–Crippen MR) is 153 cm³/mol. The average molecular weight is 587 g/mol. The van der Waals surface area contributed by atoms with E-state index in [0.717, 1.165) is 15.3 Å². The van der Waals surface area contributed by atoms with Crippen LogP contribution < -0.4 is 19.2 Å². The second-order valence-corrected chi connectivity index (χ2v) is 11.0. The van der Waals surface area contributed by atoms with Crippen LogP contribution >= 0.6 is 23.2 Å². The number of aromatic nitrogens is 1. The normalized spacial score (nSPS) is 11.5. The summed E-state index contributed by atoms with van der Waals surface area (Å²) in [7, 11) is -1.13. The number of ether oxygens (including phenoxy) is 2. The maximum Gasteiger partial charge on any atom is 0.264 e. The topological polar surface area (TPSA) is 110 Å². The minimum atomic E-state index is -4.14. The van der Waals surface area contributed by atoms with Crippen molar-refractivity contribution in [2.24, 2.45) is 5.10 Å². The average Bonchev–Trinajstić information content (AvgIpc) is 2.91. The Labute approximate surface area is 236 Å². The molecule has 0 aliphatic heterocycles. The molecule has 9 nitrogen and oxygen atoms in total. The smallest absolute Gasteiger partial charge is 0.264 e. The van der Waals surface area contributed by atoms with Crippen molar-refractivity contribution in [2.45, 2.75) is 11.8 Å². The number of hydrazone groups is 1. The van der Waals surface area contributed by atoms with Gasteiger partial charge in [-0.1, -0.05) is 40.9 Å². The number of fused-ring (bicyclic) bond motifs is 1. The van der Waals surface area contributed by atoms with Crippen LogP contribution in [0.15, 0.2) is 76.7 Å². The van der Waals surface area contributed by atoms with Gasteiger partial charge in [-0.2, -0.15) is 5.10 Å². The number of pyridine rings is 1. The van der Waals surface area contributed by atoms with E-state index in [1.54, 1.807) is 37.4 Å². The first-order valence-corrected chi connectivity index (χ1v) is 13.7. The Kier molecular flexibility index (Phi) is 8.59.